The molecule has 0 saturated carbocycles. The molecule has 0 heterocycles. The Hall–Kier alpha value is -2.11. The van der Waals surface area contributed by atoms with Crippen LogP contribution in [0.4, 0.5) is 4.39 Å². The van der Waals surface area contributed by atoms with E-state index in [2.05, 4.69) is 5.16 Å². The lowest BCUT2D eigenvalue weighted by atomic mass is 10.1. The molecule has 1 aromatic rings. The first-order chi connectivity index (χ1) is 8.86. The summed E-state index contributed by atoms with van der Waals surface area (Å²) in [6.45, 7) is 3.76. The van der Waals surface area contributed by atoms with E-state index in [1.807, 2.05) is 0 Å². The highest BCUT2D eigenvalue weighted by molar-refractivity contribution is 5.95. The van der Waals surface area contributed by atoms with E-state index in [9.17, 15) is 9.18 Å². The Kier molecular flexibility index (Phi) is 4.86. The molecule has 0 fully saturated rings. The molecule has 3 N–H and O–H groups in total. The number of aryl methyl sites for hydroxylation is 1. The fourth-order valence-electron chi connectivity index (χ4n) is 1.72. The van der Waals surface area contributed by atoms with Crippen LogP contribution >= 0.6 is 0 Å². The molecule has 104 valence electrons. The molecule has 0 spiro atoms. The third-order valence-corrected chi connectivity index (χ3v) is 2.94. The number of carbonyl (C=O) groups is 1. The van der Waals surface area contributed by atoms with Crippen molar-refractivity contribution in [2.24, 2.45) is 16.8 Å². The number of carbonyl (C=O) groups excluding carboxylic acids is 1. The van der Waals surface area contributed by atoms with Gasteiger partial charge < -0.3 is 15.8 Å². The predicted octanol–water partition coefficient (Wildman–Crippen LogP) is 1.59. The highest BCUT2D eigenvalue weighted by Gasteiger charge is 2.18. The number of benzene rings is 1. The van der Waals surface area contributed by atoms with Gasteiger partial charge in [-0.05, 0) is 24.6 Å². The Morgan fingerprint density at radius 1 is 1.58 bits per heavy atom. The number of oxime groups is 1. The van der Waals surface area contributed by atoms with Crippen molar-refractivity contribution >= 4 is 11.7 Å². The van der Waals surface area contributed by atoms with Gasteiger partial charge in [-0.15, -0.1) is 0 Å². The summed E-state index contributed by atoms with van der Waals surface area (Å²) in [6.07, 6.45) is 0. The van der Waals surface area contributed by atoms with E-state index < -0.39 is 5.82 Å². The Balaban J connectivity index is 2.85. The largest absolute Gasteiger partial charge is 0.409 e. The average molecular weight is 267 g/mol. The quantitative estimate of drug-likeness (QED) is 0.376. The predicted molar refractivity (Wildman–Crippen MR) is 70.7 cm³/mol. The summed E-state index contributed by atoms with van der Waals surface area (Å²) in [5.74, 6) is -0.982. The summed E-state index contributed by atoms with van der Waals surface area (Å²) in [5, 5.41) is 11.5. The van der Waals surface area contributed by atoms with Crippen LogP contribution in [0, 0.1) is 18.7 Å². The molecule has 0 aliphatic rings. The maximum Gasteiger partial charge on any atom is 0.253 e. The van der Waals surface area contributed by atoms with Crippen LogP contribution in [0.5, 0.6) is 0 Å². The van der Waals surface area contributed by atoms with Gasteiger partial charge in [0.05, 0.1) is 0 Å². The van der Waals surface area contributed by atoms with Crippen LogP contribution in [-0.2, 0) is 0 Å². The average Bonchev–Trinajstić information content (AvgIpc) is 2.39. The van der Waals surface area contributed by atoms with Crippen molar-refractivity contribution in [1.29, 1.82) is 0 Å². The second-order valence-corrected chi connectivity index (χ2v) is 4.57. The van der Waals surface area contributed by atoms with E-state index in [1.165, 1.54) is 17.0 Å². The first-order valence-electron chi connectivity index (χ1n) is 5.85. The van der Waals surface area contributed by atoms with Gasteiger partial charge in [0.1, 0.15) is 11.7 Å². The Morgan fingerprint density at radius 2 is 2.21 bits per heavy atom. The van der Waals surface area contributed by atoms with E-state index in [4.69, 9.17) is 10.9 Å². The van der Waals surface area contributed by atoms with Gasteiger partial charge >= 0.3 is 0 Å². The molecule has 6 heteroatoms. The Labute approximate surface area is 111 Å². The summed E-state index contributed by atoms with van der Waals surface area (Å²) in [4.78, 5) is 13.6. The third kappa shape index (κ3) is 3.67. The Morgan fingerprint density at radius 3 is 2.79 bits per heavy atom. The number of hydrogen-bond donors (Lipinski definition) is 2. The highest BCUT2D eigenvalue weighted by atomic mass is 19.1. The monoisotopic (exact) mass is 267 g/mol. The lowest BCUT2D eigenvalue weighted by Gasteiger charge is -2.21. The maximum absolute atomic E-state index is 13.2. The second-order valence-electron chi connectivity index (χ2n) is 4.57. The molecule has 1 aromatic carbocycles. The van der Waals surface area contributed by atoms with Crippen LogP contribution < -0.4 is 5.73 Å². The van der Waals surface area contributed by atoms with Crippen molar-refractivity contribution in [1.82, 2.24) is 4.90 Å². The minimum Gasteiger partial charge on any atom is -0.409 e. The standard InChI is InChI=1S/C13H18FN3O2/c1-8-4-5-10(14)6-11(8)13(18)17(3)7-9(2)12(15)16-19/h4-6,9,19H,7H2,1-3H3,(H2,15,16). The topological polar surface area (TPSA) is 78.9 Å². The first kappa shape index (κ1) is 14.9. The van der Waals surface area contributed by atoms with Gasteiger partial charge in [0.2, 0.25) is 0 Å². The molecule has 0 bridgehead atoms. The molecule has 0 aliphatic heterocycles. The maximum atomic E-state index is 13.2. The van der Waals surface area contributed by atoms with Gasteiger partial charge in [0.15, 0.2) is 0 Å². The molecule has 0 saturated heterocycles. The lowest BCUT2D eigenvalue weighted by Crippen LogP contribution is -2.36. The third-order valence-electron chi connectivity index (χ3n) is 2.94. The van der Waals surface area contributed by atoms with Gasteiger partial charge in [-0.25, -0.2) is 4.39 Å². The molecule has 5 nitrogen and oxygen atoms in total. The summed E-state index contributed by atoms with van der Waals surface area (Å²) in [5.41, 5.74) is 6.48. The smallest absolute Gasteiger partial charge is 0.253 e. The number of nitrogens with two attached hydrogens (primary N) is 1. The van der Waals surface area contributed by atoms with Crippen molar-refractivity contribution < 1.29 is 14.4 Å². The molecule has 1 atom stereocenters. The minimum atomic E-state index is -0.452. The number of amidine groups is 1. The lowest BCUT2D eigenvalue weighted by molar-refractivity contribution is 0.0785. The number of nitrogens with zero attached hydrogens (tertiary/aromatic N) is 2. The van der Waals surface area contributed by atoms with Crippen molar-refractivity contribution in [2.45, 2.75) is 13.8 Å². The molecule has 1 rings (SSSR count). The molecule has 1 amide bonds. The van der Waals surface area contributed by atoms with Gasteiger partial charge in [0, 0.05) is 25.1 Å². The fourth-order valence-corrected chi connectivity index (χ4v) is 1.72. The minimum absolute atomic E-state index is 0.0515. The molecular weight excluding hydrogens is 249 g/mol. The zero-order valence-electron chi connectivity index (χ0n) is 11.2. The highest BCUT2D eigenvalue weighted by Crippen LogP contribution is 2.13. The number of amides is 1. The fraction of sp³-hybridized carbons (Fsp3) is 0.385. The van der Waals surface area contributed by atoms with E-state index in [0.29, 0.717) is 11.1 Å². The van der Waals surface area contributed by atoms with Crippen molar-refractivity contribution in [2.75, 3.05) is 13.6 Å². The van der Waals surface area contributed by atoms with Gasteiger partial charge in [-0.3, -0.25) is 4.79 Å². The van der Waals surface area contributed by atoms with Crippen LogP contribution in [0.3, 0.4) is 0 Å². The van der Waals surface area contributed by atoms with Gasteiger partial charge in [-0.1, -0.05) is 18.1 Å². The number of hydrogen-bond acceptors (Lipinski definition) is 3. The van der Waals surface area contributed by atoms with Crippen LogP contribution in [0.25, 0.3) is 0 Å². The summed E-state index contributed by atoms with van der Waals surface area (Å²) in [7, 11) is 1.59. The van der Waals surface area contributed by atoms with E-state index in [-0.39, 0.29) is 24.2 Å². The molecule has 0 aromatic heterocycles. The van der Waals surface area contributed by atoms with E-state index in [1.54, 1.807) is 27.0 Å². The summed E-state index contributed by atoms with van der Waals surface area (Å²) < 4.78 is 13.2. The van der Waals surface area contributed by atoms with E-state index in [0.717, 1.165) is 0 Å². The number of halogens is 1. The van der Waals surface area contributed by atoms with Gasteiger partial charge in [0.25, 0.3) is 5.91 Å². The zero-order valence-corrected chi connectivity index (χ0v) is 11.2. The first-order valence-corrected chi connectivity index (χ1v) is 5.85. The normalized spacial score (nSPS) is 13.2. The Bertz CT molecular complexity index is 503. The van der Waals surface area contributed by atoms with Crippen LogP contribution in [0.1, 0.15) is 22.8 Å². The summed E-state index contributed by atoms with van der Waals surface area (Å²) >= 11 is 0. The van der Waals surface area contributed by atoms with E-state index >= 15 is 0 Å². The van der Waals surface area contributed by atoms with Crippen molar-refractivity contribution in [3.8, 4) is 0 Å². The zero-order chi connectivity index (χ0) is 14.6. The second kappa shape index (κ2) is 6.17. The van der Waals surface area contributed by atoms with Crippen LogP contribution in [0.2, 0.25) is 0 Å². The molecular formula is C13H18FN3O2. The van der Waals surface area contributed by atoms with Crippen LogP contribution in [0.15, 0.2) is 23.4 Å². The summed E-state index contributed by atoms with van der Waals surface area (Å²) in [6, 6.07) is 4.08. The number of rotatable bonds is 4. The SMILES string of the molecule is Cc1ccc(F)cc1C(=O)N(C)CC(C)C(N)=NO. The molecule has 0 radical (unpaired) electrons. The van der Waals surface area contributed by atoms with Crippen molar-refractivity contribution in [3.63, 3.8) is 0 Å². The molecule has 0 aliphatic carbocycles. The van der Waals surface area contributed by atoms with Crippen LogP contribution in [-0.4, -0.2) is 35.4 Å². The molecule has 1 unspecified atom stereocenters. The van der Waals surface area contributed by atoms with Crippen molar-refractivity contribution in [3.05, 3.63) is 35.1 Å². The van der Waals surface area contributed by atoms with Gasteiger partial charge in [-0.2, -0.15) is 0 Å². The molecule has 19 heavy (non-hydrogen) atoms.